The van der Waals surface area contributed by atoms with Gasteiger partial charge in [0.1, 0.15) is 11.4 Å². The fraction of sp³-hybridized carbons (Fsp3) is 0.333. The zero-order valence-corrected chi connectivity index (χ0v) is 13.3. The Hall–Kier alpha value is -1.90. The molecule has 0 unspecified atom stereocenters. The summed E-state index contributed by atoms with van der Waals surface area (Å²) in [5.74, 6) is -4.27. The van der Waals surface area contributed by atoms with E-state index in [2.05, 4.69) is 14.7 Å². The van der Waals surface area contributed by atoms with Crippen molar-refractivity contribution < 1.29 is 26.7 Å². The fourth-order valence-electron chi connectivity index (χ4n) is 1.72. The highest BCUT2D eigenvalue weighted by molar-refractivity contribution is 7.99. The molecular formula is C15H13F5N2OS. The Labute approximate surface area is 139 Å². The van der Waals surface area contributed by atoms with Crippen LogP contribution in [0.3, 0.4) is 0 Å². The molecule has 2 aromatic heterocycles. The van der Waals surface area contributed by atoms with Crippen molar-refractivity contribution in [2.45, 2.75) is 23.9 Å². The molecule has 0 fully saturated rings. The molecule has 2 aromatic rings. The van der Waals surface area contributed by atoms with Gasteiger partial charge in [-0.05, 0) is 30.0 Å². The molecule has 24 heavy (non-hydrogen) atoms. The lowest BCUT2D eigenvalue weighted by Gasteiger charge is -2.19. The molecule has 0 aliphatic rings. The van der Waals surface area contributed by atoms with Gasteiger partial charge in [-0.25, -0.2) is 0 Å². The van der Waals surface area contributed by atoms with Crippen LogP contribution >= 0.6 is 11.8 Å². The molecule has 0 saturated carbocycles. The van der Waals surface area contributed by atoms with Crippen molar-refractivity contribution in [3.05, 3.63) is 36.7 Å². The molecule has 0 saturated heterocycles. The molecule has 0 bridgehead atoms. The fourth-order valence-corrected chi connectivity index (χ4v) is 2.50. The zero-order chi connectivity index (χ0) is 17.8. The highest BCUT2D eigenvalue weighted by atomic mass is 32.2. The van der Waals surface area contributed by atoms with E-state index in [-0.39, 0.29) is 5.75 Å². The second-order valence-corrected chi connectivity index (χ2v) is 5.96. The van der Waals surface area contributed by atoms with Crippen LogP contribution in [0.1, 0.15) is 6.92 Å². The highest BCUT2D eigenvalue weighted by Crippen LogP contribution is 2.36. The maximum atomic E-state index is 12.8. The lowest BCUT2D eigenvalue weighted by atomic mass is 10.2. The van der Waals surface area contributed by atoms with E-state index in [9.17, 15) is 22.0 Å². The van der Waals surface area contributed by atoms with Crippen LogP contribution in [0, 0.1) is 0 Å². The molecule has 3 nitrogen and oxygen atoms in total. The second-order valence-electron chi connectivity index (χ2n) is 4.65. The minimum Gasteiger partial charge on any atom is -0.485 e. The predicted molar refractivity (Wildman–Crippen MR) is 80.4 cm³/mol. The number of nitrogens with zero attached hydrogens (tertiary/aromatic N) is 2. The van der Waals surface area contributed by atoms with E-state index in [1.54, 1.807) is 24.0 Å². The highest BCUT2D eigenvalue weighted by Gasteiger charge is 2.58. The summed E-state index contributed by atoms with van der Waals surface area (Å²) in [6.07, 6.45) is -2.97. The van der Waals surface area contributed by atoms with E-state index in [0.29, 0.717) is 11.4 Å². The minimum absolute atomic E-state index is 0.177. The maximum Gasteiger partial charge on any atom is 0.456 e. The quantitative estimate of drug-likeness (QED) is 0.543. The molecule has 0 aliphatic carbocycles. The summed E-state index contributed by atoms with van der Waals surface area (Å²) in [6.45, 7) is 0.185. The van der Waals surface area contributed by atoms with E-state index in [4.69, 9.17) is 0 Å². The van der Waals surface area contributed by atoms with Crippen LogP contribution < -0.4 is 4.74 Å². The van der Waals surface area contributed by atoms with Crippen molar-refractivity contribution in [2.24, 2.45) is 0 Å². The van der Waals surface area contributed by atoms with Crippen molar-refractivity contribution >= 4 is 11.8 Å². The third kappa shape index (κ3) is 4.34. The number of rotatable bonds is 6. The Balaban J connectivity index is 2.12. The average molecular weight is 364 g/mol. The second kappa shape index (κ2) is 7.33. The number of hydrogen-bond donors (Lipinski definition) is 0. The zero-order valence-electron chi connectivity index (χ0n) is 12.5. The Morgan fingerprint density at radius 2 is 1.83 bits per heavy atom. The molecule has 0 amide bonds. The number of aromatic nitrogens is 2. The van der Waals surface area contributed by atoms with Crippen LogP contribution in [0.2, 0.25) is 0 Å². The van der Waals surface area contributed by atoms with Gasteiger partial charge in [0.15, 0.2) is 6.61 Å². The largest absolute Gasteiger partial charge is 0.485 e. The topological polar surface area (TPSA) is 35.0 Å². The van der Waals surface area contributed by atoms with E-state index in [1.165, 1.54) is 12.1 Å². The van der Waals surface area contributed by atoms with E-state index in [1.807, 2.05) is 13.0 Å². The Bertz CT molecular complexity index is 676. The van der Waals surface area contributed by atoms with Gasteiger partial charge in [-0.15, -0.1) is 11.8 Å². The summed E-state index contributed by atoms with van der Waals surface area (Å²) in [6, 6.07) is 6.39. The Morgan fingerprint density at radius 3 is 2.42 bits per heavy atom. The van der Waals surface area contributed by atoms with Gasteiger partial charge >= 0.3 is 12.1 Å². The molecule has 0 atom stereocenters. The number of ether oxygens (including phenoxy) is 1. The van der Waals surface area contributed by atoms with Gasteiger partial charge in [0.2, 0.25) is 0 Å². The van der Waals surface area contributed by atoms with Gasteiger partial charge in [-0.2, -0.15) is 22.0 Å². The maximum absolute atomic E-state index is 12.8. The smallest absolute Gasteiger partial charge is 0.456 e. The van der Waals surface area contributed by atoms with Crippen molar-refractivity contribution in [3.63, 3.8) is 0 Å². The van der Waals surface area contributed by atoms with Gasteiger partial charge in [-0.3, -0.25) is 9.97 Å². The molecular weight excluding hydrogens is 351 g/mol. The normalized spacial score (nSPS) is 12.2. The summed E-state index contributed by atoms with van der Waals surface area (Å²) in [7, 11) is 0. The predicted octanol–water partition coefficient (Wildman–Crippen LogP) is 4.83. The van der Waals surface area contributed by atoms with E-state index < -0.39 is 18.7 Å². The molecule has 130 valence electrons. The number of halogens is 5. The van der Waals surface area contributed by atoms with Crippen molar-refractivity contribution in [3.8, 4) is 17.1 Å². The first-order chi connectivity index (χ1) is 11.2. The Morgan fingerprint density at radius 1 is 1.08 bits per heavy atom. The summed E-state index contributed by atoms with van der Waals surface area (Å²) in [4.78, 5) is 9.14. The Kier molecular flexibility index (Phi) is 5.63. The van der Waals surface area contributed by atoms with Gasteiger partial charge < -0.3 is 4.74 Å². The summed E-state index contributed by atoms with van der Waals surface area (Å²) in [5.41, 5.74) is 1.08. The number of thioether (sulfide) groups is 1. The molecule has 0 radical (unpaired) electrons. The van der Waals surface area contributed by atoms with E-state index in [0.717, 1.165) is 16.8 Å². The lowest BCUT2D eigenvalue weighted by molar-refractivity contribution is -0.290. The van der Waals surface area contributed by atoms with Crippen LogP contribution in [-0.2, 0) is 0 Å². The van der Waals surface area contributed by atoms with E-state index >= 15 is 0 Å². The van der Waals surface area contributed by atoms with Gasteiger partial charge in [0.25, 0.3) is 0 Å². The first-order valence-electron chi connectivity index (χ1n) is 6.86. The standard InChI is InChI=1S/C15H13F5N2OS/c1-2-24-12-4-3-7-21-13(12)11-6-5-10(8-22-11)23-9-14(16,17)15(18,19)20/h3-8H,2,9H2,1H3. The van der Waals surface area contributed by atoms with Crippen LogP contribution in [-0.4, -0.2) is 34.4 Å². The minimum atomic E-state index is -5.65. The van der Waals surface area contributed by atoms with Crippen molar-refractivity contribution in [1.29, 1.82) is 0 Å². The lowest BCUT2D eigenvalue weighted by Crippen LogP contribution is -2.41. The average Bonchev–Trinajstić information content (AvgIpc) is 2.53. The monoisotopic (exact) mass is 364 g/mol. The molecule has 2 heterocycles. The third-order valence-corrected chi connectivity index (χ3v) is 3.81. The summed E-state index contributed by atoms with van der Waals surface area (Å²) < 4.78 is 66.4. The number of pyridine rings is 2. The number of alkyl halides is 5. The molecule has 0 aromatic carbocycles. The third-order valence-electron chi connectivity index (χ3n) is 2.88. The summed E-state index contributed by atoms with van der Waals surface area (Å²) in [5, 5.41) is 0. The number of hydrogen-bond acceptors (Lipinski definition) is 4. The molecule has 0 N–H and O–H groups in total. The van der Waals surface area contributed by atoms with Crippen molar-refractivity contribution in [2.75, 3.05) is 12.4 Å². The SMILES string of the molecule is CCSc1cccnc1-c1ccc(OCC(F)(F)C(F)(F)F)cn1. The molecule has 0 aliphatic heterocycles. The van der Waals surface area contributed by atoms with Crippen LogP contribution in [0.15, 0.2) is 41.6 Å². The molecule has 2 rings (SSSR count). The first kappa shape index (κ1) is 18.4. The first-order valence-corrected chi connectivity index (χ1v) is 7.85. The van der Waals surface area contributed by atoms with Crippen LogP contribution in [0.25, 0.3) is 11.4 Å². The van der Waals surface area contributed by atoms with Crippen LogP contribution in [0.5, 0.6) is 5.75 Å². The van der Waals surface area contributed by atoms with Gasteiger partial charge in [0, 0.05) is 11.1 Å². The van der Waals surface area contributed by atoms with Crippen molar-refractivity contribution in [1.82, 2.24) is 9.97 Å². The molecule has 0 spiro atoms. The molecule has 9 heteroatoms. The van der Waals surface area contributed by atoms with Crippen LogP contribution in [0.4, 0.5) is 22.0 Å². The van der Waals surface area contributed by atoms with Gasteiger partial charge in [0.05, 0.1) is 11.9 Å². The summed E-state index contributed by atoms with van der Waals surface area (Å²) >= 11 is 1.56. The van der Waals surface area contributed by atoms with Gasteiger partial charge in [-0.1, -0.05) is 6.92 Å².